The average Bonchev–Trinajstić information content (AvgIpc) is 3.39. The first-order valence-corrected chi connectivity index (χ1v) is 12.2. The zero-order valence-electron chi connectivity index (χ0n) is 18.0. The quantitative estimate of drug-likeness (QED) is 0.445. The van der Waals surface area contributed by atoms with Gasteiger partial charge in [0.25, 0.3) is 5.91 Å². The summed E-state index contributed by atoms with van der Waals surface area (Å²) in [5, 5.41) is 4.88. The van der Waals surface area contributed by atoms with Crippen molar-refractivity contribution >= 4 is 45.1 Å². The van der Waals surface area contributed by atoms with Crippen LogP contribution in [0.25, 0.3) is 10.2 Å². The Bertz CT molecular complexity index is 1120. The minimum Gasteiger partial charge on any atom is -0.351 e. The van der Waals surface area contributed by atoms with E-state index in [9.17, 15) is 9.59 Å². The van der Waals surface area contributed by atoms with Crippen molar-refractivity contribution in [1.82, 2.24) is 20.2 Å². The molecule has 8 heteroatoms. The molecule has 0 radical (unpaired) electrons. The number of nitrogens with one attached hydrogen (secondary N) is 1. The Morgan fingerprint density at radius 2 is 1.81 bits per heavy atom. The molecule has 3 aromatic rings. The molecule has 1 aromatic carbocycles. The number of rotatable bonds is 6. The summed E-state index contributed by atoms with van der Waals surface area (Å²) in [5.41, 5.74) is 2.87. The monoisotopic (exact) mass is 454 g/mol. The molecule has 31 heavy (non-hydrogen) atoms. The third-order valence-corrected chi connectivity index (χ3v) is 7.61. The second-order valence-electron chi connectivity index (χ2n) is 7.80. The minimum absolute atomic E-state index is 0.0451. The highest BCUT2D eigenvalue weighted by molar-refractivity contribution is 8.00. The van der Waals surface area contributed by atoms with Crippen LogP contribution >= 0.6 is 23.1 Å². The number of thioether (sulfide) groups is 1. The lowest BCUT2D eigenvalue weighted by Crippen LogP contribution is -2.27. The summed E-state index contributed by atoms with van der Waals surface area (Å²) >= 11 is 3.12. The van der Waals surface area contributed by atoms with Gasteiger partial charge in [-0.25, -0.2) is 9.97 Å². The summed E-state index contributed by atoms with van der Waals surface area (Å²) in [6.45, 7) is 8.17. The lowest BCUT2D eigenvalue weighted by atomic mass is 10.1. The minimum atomic E-state index is -0.0451. The molecule has 0 bridgehead atoms. The van der Waals surface area contributed by atoms with Crippen molar-refractivity contribution in [3.63, 3.8) is 0 Å². The highest BCUT2D eigenvalue weighted by Crippen LogP contribution is 2.34. The van der Waals surface area contributed by atoms with Crippen LogP contribution in [0.3, 0.4) is 0 Å². The molecule has 0 aliphatic carbocycles. The molecule has 1 saturated heterocycles. The van der Waals surface area contributed by atoms with Gasteiger partial charge in [-0.3, -0.25) is 9.59 Å². The van der Waals surface area contributed by atoms with Crippen molar-refractivity contribution in [3.8, 4) is 0 Å². The number of benzene rings is 1. The zero-order valence-corrected chi connectivity index (χ0v) is 19.7. The molecule has 0 saturated carbocycles. The summed E-state index contributed by atoms with van der Waals surface area (Å²) in [6, 6.07) is 7.51. The molecule has 1 aliphatic rings. The summed E-state index contributed by atoms with van der Waals surface area (Å²) < 4.78 is 0. The highest BCUT2D eigenvalue weighted by Gasteiger charge is 2.19. The Labute approximate surface area is 190 Å². The van der Waals surface area contributed by atoms with E-state index in [1.165, 1.54) is 22.2 Å². The van der Waals surface area contributed by atoms with Gasteiger partial charge in [-0.15, -0.1) is 11.3 Å². The topological polar surface area (TPSA) is 75.2 Å². The molecule has 1 N–H and O–H groups in total. The number of amides is 2. The lowest BCUT2D eigenvalue weighted by molar-refractivity contribution is -0.118. The van der Waals surface area contributed by atoms with Gasteiger partial charge in [-0.05, 0) is 56.9 Å². The van der Waals surface area contributed by atoms with E-state index in [-0.39, 0.29) is 11.8 Å². The number of aryl methyl sites for hydroxylation is 3. The van der Waals surface area contributed by atoms with E-state index in [0.717, 1.165) is 52.6 Å². The van der Waals surface area contributed by atoms with Crippen LogP contribution in [0.15, 0.2) is 29.3 Å². The van der Waals surface area contributed by atoms with Crippen LogP contribution in [-0.2, 0) is 11.3 Å². The van der Waals surface area contributed by atoms with E-state index in [1.807, 2.05) is 36.1 Å². The predicted octanol–water partition coefficient (Wildman–Crippen LogP) is 4.26. The van der Waals surface area contributed by atoms with Gasteiger partial charge < -0.3 is 10.2 Å². The molecule has 162 valence electrons. The Balaban J connectivity index is 1.33. The van der Waals surface area contributed by atoms with Crippen molar-refractivity contribution in [1.29, 1.82) is 0 Å². The van der Waals surface area contributed by atoms with E-state index < -0.39 is 0 Å². The molecule has 6 nitrogen and oxygen atoms in total. The number of thiophene rings is 1. The first-order valence-electron chi connectivity index (χ1n) is 10.4. The standard InChI is InChI=1S/C23H26N4O2S2/c1-14-15(2)31-22-20(14)21(25-16(3)26-22)30-13-19(28)24-12-17-6-8-18(9-7-17)23(29)27-10-4-5-11-27/h6-9H,4-5,10-13H2,1-3H3,(H,24,28). The molecule has 1 aliphatic heterocycles. The number of nitrogens with zero attached hydrogens (tertiary/aromatic N) is 3. The first kappa shape index (κ1) is 21.8. The van der Waals surface area contributed by atoms with Crippen molar-refractivity contribution in [2.75, 3.05) is 18.8 Å². The second kappa shape index (κ2) is 9.36. The molecule has 2 aromatic heterocycles. The Morgan fingerprint density at radius 3 is 2.52 bits per heavy atom. The van der Waals surface area contributed by atoms with E-state index in [2.05, 4.69) is 29.1 Å². The summed E-state index contributed by atoms with van der Waals surface area (Å²) in [7, 11) is 0. The summed E-state index contributed by atoms with van der Waals surface area (Å²) in [6.07, 6.45) is 2.17. The maximum absolute atomic E-state index is 12.4. The van der Waals surface area contributed by atoms with Crippen LogP contribution < -0.4 is 5.32 Å². The van der Waals surface area contributed by atoms with Crippen LogP contribution in [0.4, 0.5) is 0 Å². The van der Waals surface area contributed by atoms with Gasteiger partial charge in [-0.1, -0.05) is 23.9 Å². The number of hydrogen-bond donors (Lipinski definition) is 1. The number of hydrogen-bond acceptors (Lipinski definition) is 6. The van der Waals surface area contributed by atoms with Crippen molar-refractivity contribution in [3.05, 3.63) is 51.7 Å². The van der Waals surface area contributed by atoms with Gasteiger partial charge in [0.05, 0.1) is 5.75 Å². The smallest absolute Gasteiger partial charge is 0.253 e. The number of fused-ring (bicyclic) bond motifs is 1. The fourth-order valence-corrected chi connectivity index (χ4v) is 5.77. The van der Waals surface area contributed by atoms with Crippen LogP contribution in [0.2, 0.25) is 0 Å². The third-order valence-electron chi connectivity index (χ3n) is 5.53. The van der Waals surface area contributed by atoms with E-state index in [0.29, 0.717) is 17.9 Å². The zero-order chi connectivity index (χ0) is 22.0. The molecular formula is C23H26N4O2S2. The molecule has 0 atom stereocenters. The largest absolute Gasteiger partial charge is 0.351 e. The molecular weight excluding hydrogens is 428 g/mol. The van der Waals surface area contributed by atoms with E-state index in [4.69, 9.17) is 0 Å². The van der Waals surface area contributed by atoms with Crippen LogP contribution in [0.1, 0.15) is 45.0 Å². The fourth-order valence-electron chi connectivity index (χ4n) is 3.67. The van der Waals surface area contributed by atoms with Gasteiger partial charge >= 0.3 is 0 Å². The molecule has 4 rings (SSSR count). The van der Waals surface area contributed by atoms with Crippen molar-refractivity contribution in [2.24, 2.45) is 0 Å². The van der Waals surface area contributed by atoms with E-state index >= 15 is 0 Å². The Morgan fingerprint density at radius 1 is 1.10 bits per heavy atom. The molecule has 2 amide bonds. The maximum atomic E-state index is 12.4. The van der Waals surface area contributed by atoms with Crippen LogP contribution in [0.5, 0.6) is 0 Å². The predicted molar refractivity (Wildman–Crippen MR) is 126 cm³/mol. The molecule has 0 unspecified atom stereocenters. The Hall–Kier alpha value is -2.45. The normalized spacial score (nSPS) is 13.7. The van der Waals surface area contributed by atoms with Crippen LogP contribution in [-0.4, -0.2) is 45.5 Å². The summed E-state index contributed by atoms with van der Waals surface area (Å²) in [4.78, 5) is 38.1. The van der Waals surface area contributed by atoms with Gasteiger partial charge in [0.2, 0.25) is 5.91 Å². The van der Waals surface area contributed by atoms with Gasteiger partial charge in [0.1, 0.15) is 15.7 Å². The number of likely N-dealkylation sites (tertiary alicyclic amines) is 1. The highest BCUT2D eigenvalue weighted by atomic mass is 32.2. The SMILES string of the molecule is Cc1nc(SCC(=O)NCc2ccc(C(=O)N3CCCC3)cc2)c2c(C)c(C)sc2n1. The Kier molecular flexibility index (Phi) is 6.57. The van der Waals surface area contributed by atoms with Gasteiger partial charge in [0, 0.05) is 35.5 Å². The van der Waals surface area contributed by atoms with Crippen molar-refractivity contribution in [2.45, 2.75) is 45.2 Å². The first-order chi connectivity index (χ1) is 14.9. The van der Waals surface area contributed by atoms with Crippen LogP contribution in [0, 0.1) is 20.8 Å². The lowest BCUT2D eigenvalue weighted by Gasteiger charge is -2.15. The maximum Gasteiger partial charge on any atom is 0.253 e. The second-order valence-corrected chi connectivity index (χ2v) is 9.97. The average molecular weight is 455 g/mol. The summed E-state index contributed by atoms with van der Waals surface area (Å²) in [5.74, 6) is 1.07. The third kappa shape index (κ3) is 4.91. The molecule has 3 heterocycles. The van der Waals surface area contributed by atoms with Crippen molar-refractivity contribution < 1.29 is 9.59 Å². The molecule has 0 spiro atoms. The van der Waals surface area contributed by atoms with Gasteiger partial charge in [0.15, 0.2) is 0 Å². The van der Waals surface area contributed by atoms with E-state index in [1.54, 1.807) is 11.3 Å². The number of carbonyl (C=O) groups is 2. The molecule has 1 fully saturated rings. The van der Waals surface area contributed by atoms with Gasteiger partial charge in [-0.2, -0.15) is 0 Å². The number of aromatic nitrogens is 2. The fraction of sp³-hybridized carbons (Fsp3) is 0.391. The number of carbonyl (C=O) groups excluding carboxylic acids is 2.